The summed E-state index contributed by atoms with van der Waals surface area (Å²) >= 11 is 4.85. The molecule has 0 aliphatic heterocycles. The molecule has 0 bridgehead atoms. The van der Waals surface area contributed by atoms with Crippen molar-refractivity contribution < 1.29 is 5.11 Å². The molecule has 2 rings (SSSR count). The highest BCUT2D eigenvalue weighted by Crippen LogP contribution is 2.36. The van der Waals surface area contributed by atoms with Gasteiger partial charge in [0.15, 0.2) is 0 Å². The van der Waals surface area contributed by atoms with Crippen molar-refractivity contribution in [2.24, 2.45) is 0 Å². The molecule has 12 heavy (non-hydrogen) atoms. The zero-order valence-electron chi connectivity index (χ0n) is 6.34. The first kappa shape index (κ1) is 8.01. The number of phenols is 1. The predicted molar refractivity (Wildman–Crippen MR) is 53.7 cm³/mol. The zero-order chi connectivity index (χ0) is 8.72. The SMILES string of the molecule is Cc1cc2ncsc2c(Br)c1O. The van der Waals surface area contributed by atoms with Crippen LogP contribution in [0.25, 0.3) is 10.2 Å². The molecule has 0 amide bonds. The van der Waals surface area contributed by atoms with E-state index in [2.05, 4.69) is 20.9 Å². The third-order valence-electron chi connectivity index (χ3n) is 1.73. The highest BCUT2D eigenvalue weighted by molar-refractivity contribution is 9.10. The Balaban J connectivity index is 2.94. The first-order chi connectivity index (χ1) is 5.70. The summed E-state index contributed by atoms with van der Waals surface area (Å²) in [5, 5.41) is 9.55. The van der Waals surface area contributed by atoms with Crippen molar-refractivity contribution in [2.45, 2.75) is 6.92 Å². The lowest BCUT2D eigenvalue weighted by Gasteiger charge is -2.00. The van der Waals surface area contributed by atoms with Crippen LogP contribution >= 0.6 is 27.3 Å². The van der Waals surface area contributed by atoms with Gasteiger partial charge in [-0.2, -0.15) is 0 Å². The van der Waals surface area contributed by atoms with Gasteiger partial charge in [-0.05, 0) is 34.5 Å². The number of thiazole rings is 1. The van der Waals surface area contributed by atoms with Gasteiger partial charge in [0.25, 0.3) is 0 Å². The number of halogens is 1. The van der Waals surface area contributed by atoms with E-state index >= 15 is 0 Å². The average Bonchev–Trinajstić information content (AvgIpc) is 2.48. The molecule has 0 unspecified atom stereocenters. The summed E-state index contributed by atoms with van der Waals surface area (Å²) in [5.41, 5.74) is 3.55. The van der Waals surface area contributed by atoms with E-state index in [0.717, 1.165) is 20.3 Å². The van der Waals surface area contributed by atoms with E-state index in [1.165, 1.54) is 11.3 Å². The van der Waals surface area contributed by atoms with Crippen molar-refractivity contribution >= 4 is 37.5 Å². The van der Waals surface area contributed by atoms with Crippen LogP contribution in [0, 0.1) is 6.92 Å². The maximum Gasteiger partial charge on any atom is 0.134 e. The largest absolute Gasteiger partial charge is 0.506 e. The molecule has 0 atom stereocenters. The normalized spacial score (nSPS) is 10.8. The minimum Gasteiger partial charge on any atom is -0.506 e. The van der Waals surface area contributed by atoms with E-state index in [4.69, 9.17) is 0 Å². The second-order valence-electron chi connectivity index (χ2n) is 2.56. The first-order valence-electron chi connectivity index (χ1n) is 3.41. The van der Waals surface area contributed by atoms with Crippen LogP contribution in [0.3, 0.4) is 0 Å². The first-order valence-corrected chi connectivity index (χ1v) is 5.08. The van der Waals surface area contributed by atoms with Gasteiger partial charge in [0.2, 0.25) is 0 Å². The Morgan fingerprint density at radius 2 is 2.33 bits per heavy atom. The average molecular weight is 244 g/mol. The second-order valence-corrected chi connectivity index (χ2v) is 4.20. The number of hydrogen-bond acceptors (Lipinski definition) is 3. The summed E-state index contributed by atoms with van der Waals surface area (Å²) in [5.74, 6) is 0.312. The van der Waals surface area contributed by atoms with Gasteiger partial charge in [-0.15, -0.1) is 11.3 Å². The number of aromatic hydroxyl groups is 1. The smallest absolute Gasteiger partial charge is 0.134 e. The Morgan fingerprint density at radius 1 is 1.58 bits per heavy atom. The maximum absolute atomic E-state index is 9.55. The molecule has 1 N–H and O–H groups in total. The van der Waals surface area contributed by atoms with E-state index < -0.39 is 0 Å². The Morgan fingerprint density at radius 3 is 3.08 bits per heavy atom. The fourth-order valence-corrected chi connectivity index (χ4v) is 2.58. The number of hydrogen-bond donors (Lipinski definition) is 1. The molecule has 1 heterocycles. The maximum atomic E-state index is 9.55. The van der Waals surface area contributed by atoms with Crippen molar-refractivity contribution in [3.63, 3.8) is 0 Å². The van der Waals surface area contributed by atoms with Gasteiger partial charge < -0.3 is 5.11 Å². The number of phenolic OH excluding ortho intramolecular Hbond substituents is 1. The molecule has 1 aromatic heterocycles. The van der Waals surface area contributed by atoms with Gasteiger partial charge in [-0.3, -0.25) is 0 Å². The van der Waals surface area contributed by atoms with E-state index in [1.807, 2.05) is 13.0 Å². The highest BCUT2D eigenvalue weighted by Gasteiger charge is 2.08. The van der Waals surface area contributed by atoms with Gasteiger partial charge in [0.1, 0.15) is 5.75 Å². The van der Waals surface area contributed by atoms with Gasteiger partial charge in [0.05, 0.1) is 20.2 Å². The van der Waals surface area contributed by atoms with Crippen molar-refractivity contribution in [1.29, 1.82) is 0 Å². The minimum absolute atomic E-state index is 0.312. The summed E-state index contributed by atoms with van der Waals surface area (Å²) in [4.78, 5) is 4.16. The number of fused-ring (bicyclic) bond motifs is 1. The van der Waals surface area contributed by atoms with Crippen LogP contribution in [-0.4, -0.2) is 10.1 Å². The molecular formula is C8H6BrNOS. The minimum atomic E-state index is 0.312. The van der Waals surface area contributed by atoms with Gasteiger partial charge >= 0.3 is 0 Å². The predicted octanol–water partition coefficient (Wildman–Crippen LogP) is 3.07. The van der Waals surface area contributed by atoms with Gasteiger partial charge in [0, 0.05) is 0 Å². The van der Waals surface area contributed by atoms with Crippen LogP contribution in [0.2, 0.25) is 0 Å². The van der Waals surface area contributed by atoms with Crippen LogP contribution < -0.4 is 0 Å². The van der Waals surface area contributed by atoms with Crippen molar-refractivity contribution in [3.05, 3.63) is 21.6 Å². The lowest BCUT2D eigenvalue weighted by molar-refractivity contribution is 0.469. The summed E-state index contributed by atoms with van der Waals surface area (Å²) in [6, 6.07) is 1.88. The molecular weight excluding hydrogens is 238 g/mol. The Bertz CT molecular complexity index is 438. The third-order valence-corrected chi connectivity index (χ3v) is 3.62. The van der Waals surface area contributed by atoms with Crippen LogP contribution in [0.15, 0.2) is 16.0 Å². The molecule has 2 aromatic rings. The van der Waals surface area contributed by atoms with Crippen molar-refractivity contribution in [1.82, 2.24) is 4.98 Å². The van der Waals surface area contributed by atoms with Crippen LogP contribution in [0.5, 0.6) is 5.75 Å². The summed E-state index contributed by atoms with van der Waals surface area (Å²) in [6.45, 7) is 1.86. The molecule has 4 heteroatoms. The molecule has 62 valence electrons. The molecule has 0 radical (unpaired) electrons. The molecule has 1 aromatic carbocycles. The van der Waals surface area contributed by atoms with Gasteiger partial charge in [-0.1, -0.05) is 0 Å². The molecule has 0 aliphatic carbocycles. The van der Waals surface area contributed by atoms with E-state index in [0.29, 0.717) is 5.75 Å². The Labute approximate surface area is 82.0 Å². The number of aryl methyl sites for hydroxylation is 1. The molecule has 0 spiro atoms. The lowest BCUT2D eigenvalue weighted by atomic mass is 10.2. The third kappa shape index (κ3) is 1.03. The summed E-state index contributed by atoms with van der Waals surface area (Å²) < 4.78 is 1.75. The van der Waals surface area contributed by atoms with Crippen molar-refractivity contribution in [2.75, 3.05) is 0 Å². The van der Waals surface area contributed by atoms with Crippen LogP contribution in [-0.2, 0) is 0 Å². The standard InChI is InChI=1S/C8H6BrNOS/c1-4-2-5-8(12-3-10-5)6(9)7(4)11/h2-3,11H,1H3. The zero-order valence-corrected chi connectivity index (χ0v) is 8.74. The Kier molecular flexibility index (Phi) is 1.81. The van der Waals surface area contributed by atoms with E-state index in [-0.39, 0.29) is 0 Å². The molecule has 0 aliphatic rings. The number of rotatable bonds is 0. The number of benzene rings is 1. The van der Waals surface area contributed by atoms with Gasteiger partial charge in [-0.25, -0.2) is 4.98 Å². The fourth-order valence-electron chi connectivity index (χ4n) is 1.08. The highest BCUT2D eigenvalue weighted by atomic mass is 79.9. The number of aromatic nitrogens is 1. The molecule has 2 nitrogen and oxygen atoms in total. The molecule has 0 fully saturated rings. The van der Waals surface area contributed by atoms with E-state index in [1.54, 1.807) is 5.51 Å². The summed E-state index contributed by atoms with van der Waals surface area (Å²) in [6.07, 6.45) is 0. The Hall–Kier alpha value is -0.610. The lowest BCUT2D eigenvalue weighted by Crippen LogP contribution is -1.77. The fraction of sp³-hybridized carbons (Fsp3) is 0.125. The van der Waals surface area contributed by atoms with Crippen LogP contribution in [0.1, 0.15) is 5.56 Å². The summed E-state index contributed by atoms with van der Waals surface area (Å²) in [7, 11) is 0. The second kappa shape index (κ2) is 2.71. The monoisotopic (exact) mass is 243 g/mol. The quantitative estimate of drug-likeness (QED) is 0.772. The van der Waals surface area contributed by atoms with E-state index in [9.17, 15) is 5.11 Å². The molecule has 0 saturated heterocycles. The number of nitrogens with zero attached hydrogens (tertiary/aromatic N) is 1. The van der Waals surface area contributed by atoms with Crippen molar-refractivity contribution in [3.8, 4) is 5.75 Å². The topological polar surface area (TPSA) is 33.1 Å². The van der Waals surface area contributed by atoms with Crippen LogP contribution in [0.4, 0.5) is 0 Å². The molecule has 0 saturated carbocycles.